The van der Waals surface area contributed by atoms with E-state index in [1.807, 2.05) is 11.9 Å². The van der Waals surface area contributed by atoms with Crippen LogP contribution in [0.25, 0.3) is 0 Å². The summed E-state index contributed by atoms with van der Waals surface area (Å²) in [5, 5.41) is 8.46. The second kappa shape index (κ2) is 6.72. The Bertz CT molecular complexity index is 469. The molecule has 1 aromatic carbocycles. The van der Waals surface area contributed by atoms with Crippen molar-refractivity contribution in [3.63, 3.8) is 0 Å². The summed E-state index contributed by atoms with van der Waals surface area (Å²) in [5.74, 6) is -1.27. The number of benzene rings is 1. The van der Waals surface area contributed by atoms with Gasteiger partial charge < -0.3 is 9.64 Å². The van der Waals surface area contributed by atoms with E-state index < -0.39 is 11.8 Å². The third-order valence-electron chi connectivity index (χ3n) is 2.50. The SMILES string of the molecule is COC(=O)c1ccc(CN(C)CCC#N)cc1F. The van der Waals surface area contributed by atoms with E-state index in [4.69, 9.17) is 5.26 Å². The van der Waals surface area contributed by atoms with E-state index in [9.17, 15) is 9.18 Å². The van der Waals surface area contributed by atoms with Gasteiger partial charge >= 0.3 is 5.97 Å². The number of halogens is 1. The molecule has 0 aliphatic rings. The molecule has 1 rings (SSSR count). The lowest BCUT2D eigenvalue weighted by Crippen LogP contribution is -2.19. The average Bonchev–Trinajstić information content (AvgIpc) is 2.35. The number of ether oxygens (including phenoxy) is 1. The van der Waals surface area contributed by atoms with Crippen molar-refractivity contribution in [2.24, 2.45) is 0 Å². The average molecular weight is 250 g/mol. The molecule has 0 N–H and O–H groups in total. The monoisotopic (exact) mass is 250 g/mol. The van der Waals surface area contributed by atoms with Crippen molar-refractivity contribution >= 4 is 5.97 Å². The number of hydrogen-bond acceptors (Lipinski definition) is 4. The maximum absolute atomic E-state index is 13.6. The van der Waals surface area contributed by atoms with Crippen LogP contribution in [0.3, 0.4) is 0 Å². The van der Waals surface area contributed by atoms with Gasteiger partial charge in [0.2, 0.25) is 0 Å². The topological polar surface area (TPSA) is 53.3 Å². The first-order valence-electron chi connectivity index (χ1n) is 5.50. The Balaban J connectivity index is 2.73. The van der Waals surface area contributed by atoms with Gasteiger partial charge in [-0.2, -0.15) is 5.26 Å². The Morgan fingerprint density at radius 1 is 1.56 bits per heavy atom. The van der Waals surface area contributed by atoms with Gasteiger partial charge in [-0.25, -0.2) is 9.18 Å². The first-order valence-corrected chi connectivity index (χ1v) is 5.50. The van der Waals surface area contributed by atoms with E-state index in [2.05, 4.69) is 10.8 Å². The standard InChI is InChI=1S/C13H15FN2O2/c1-16(7-3-6-15)9-10-4-5-11(12(14)8-10)13(17)18-2/h4-5,8H,3,7,9H2,1-2H3. The first kappa shape index (κ1) is 14.1. The van der Waals surface area contributed by atoms with Crippen LogP contribution in [0.2, 0.25) is 0 Å². The number of hydrogen-bond donors (Lipinski definition) is 0. The molecule has 0 aliphatic heterocycles. The van der Waals surface area contributed by atoms with Crippen molar-refractivity contribution in [1.82, 2.24) is 4.90 Å². The zero-order valence-electron chi connectivity index (χ0n) is 10.4. The zero-order valence-corrected chi connectivity index (χ0v) is 10.4. The van der Waals surface area contributed by atoms with Crippen LogP contribution in [0.15, 0.2) is 18.2 Å². The molecule has 4 nitrogen and oxygen atoms in total. The molecule has 0 fully saturated rings. The lowest BCUT2D eigenvalue weighted by atomic mass is 10.1. The van der Waals surface area contributed by atoms with Crippen LogP contribution in [0.1, 0.15) is 22.3 Å². The number of methoxy groups -OCH3 is 1. The van der Waals surface area contributed by atoms with Gasteiger partial charge in [0.05, 0.1) is 18.7 Å². The summed E-state index contributed by atoms with van der Waals surface area (Å²) >= 11 is 0. The predicted octanol–water partition coefficient (Wildman–Crippen LogP) is 1.96. The number of carbonyl (C=O) groups is 1. The third-order valence-corrected chi connectivity index (χ3v) is 2.50. The molecule has 18 heavy (non-hydrogen) atoms. The van der Waals surface area contributed by atoms with Gasteiger partial charge in [-0.15, -0.1) is 0 Å². The summed E-state index contributed by atoms with van der Waals surface area (Å²) in [6.45, 7) is 1.15. The molecular weight excluding hydrogens is 235 g/mol. The lowest BCUT2D eigenvalue weighted by Gasteiger charge is -2.15. The van der Waals surface area contributed by atoms with Crippen LogP contribution in [-0.2, 0) is 11.3 Å². The van der Waals surface area contributed by atoms with Crippen molar-refractivity contribution in [3.05, 3.63) is 35.1 Å². The second-order valence-electron chi connectivity index (χ2n) is 3.95. The van der Waals surface area contributed by atoms with E-state index in [0.717, 1.165) is 5.56 Å². The van der Waals surface area contributed by atoms with Crippen LogP contribution in [0.5, 0.6) is 0 Å². The largest absolute Gasteiger partial charge is 0.465 e. The maximum atomic E-state index is 13.6. The highest BCUT2D eigenvalue weighted by Gasteiger charge is 2.12. The lowest BCUT2D eigenvalue weighted by molar-refractivity contribution is 0.0595. The van der Waals surface area contributed by atoms with Gasteiger partial charge in [0, 0.05) is 19.5 Å². The Kier molecular flexibility index (Phi) is 5.28. The molecule has 0 unspecified atom stereocenters. The van der Waals surface area contributed by atoms with E-state index in [-0.39, 0.29) is 5.56 Å². The number of nitriles is 1. The summed E-state index contributed by atoms with van der Waals surface area (Å²) in [5.41, 5.74) is 0.682. The maximum Gasteiger partial charge on any atom is 0.340 e. The molecular formula is C13H15FN2O2. The minimum absolute atomic E-state index is 0.0686. The predicted molar refractivity (Wildman–Crippen MR) is 64.3 cm³/mol. The quantitative estimate of drug-likeness (QED) is 0.749. The van der Waals surface area contributed by atoms with Gasteiger partial charge in [0.1, 0.15) is 5.82 Å². The summed E-state index contributed by atoms with van der Waals surface area (Å²) in [6, 6.07) is 6.46. The molecule has 0 aromatic heterocycles. The minimum Gasteiger partial charge on any atom is -0.465 e. The molecule has 0 radical (unpaired) electrons. The molecule has 96 valence electrons. The zero-order chi connectivity index (χ0) is 13.5. The van der Waals surface area contributed by atoms with Gasteiger partial charge in [-0.3, -0.25) is 0 Å². The van der Waals surface area contributed by atoms with Crippen molar-refractivity contribution in [2.75, 3.05) is 20.7 Å². The molecule has 0 amide bonds. The van der Waals surface area contributed by atoms with Gasteiger partial charge in [-0.1, -0.05) is 6.07 Å². The van der Waals surface area contributed by atoms with Crippen LogP contribution >= 0.6 is 0 Å². The van der Waals surface area contributed by atoms with Gasteiger partial charge in [0.25, 0.3) is 0 Å². The molecule has 0 saturated heterocycles. The summed E-state index contributed by atoms with van der Waals surface area (Å²) in [6.07, 6.45) is 0.430. The Labute approximate surface area is 106 Å². The Hall–Kier alpha value is -1.93. The number of carbonyl (C=O) groups excluding carboxylic acids is 1. The summed E-state index contributed by atoms with van der Waals surface area (Å²) in [7, 11) is 3.06. The first-order chi connectivity index (χ1) is 8.58. The van der Waals surface area contributed by atoms with Crippen molar-refractivity contribution < 1.29 is 13.9 Å². The fourth-order valence-electron chi connectivity index (χ4n) is 1.56. The van der Waals surface area contributed by atoms with Crippen molar-refractivity contribution in [1.29, 1.82) is 5.26 Å². The number of rotatable bonds is 5. The normalized spacial score (nSPS) is 10.2. The van der Waals surface area contributed by atoms with Crippen LogP contribution in [-0.4, -0.2) is 31.6 Å². The molecule has 1 aromatic rings. The second-order valence-corrected chi connectivity index (χ2v) is 3.95. The van der Waals surface area contributed by atoms with Gasteiger partial charge in [-0.05, 0) is 24.7 Å². The van der Waals surface area contributed by atoms with E-state index in [1.165, 1.54) is 19.2 Å². The van der Waals surface area contributed by atoms with Crippen molar-refractivity contribution in [2.45, 2.75) is 13.0 Å². The van der Waals surface area contributed by atoms with Crippen LogP contribution < -0.4 is 0 Å². The molecule has 5 heteroatoms. The summed E-state index contributed by atoms with van der Waals surface area (Å²) < 4.78 is 18.1. The third kappa shape index (κ3) is 3.82. The van der Waals surface area contributed by atoms with Crippen molar-refractivity contribution in [3.8, 4) is 6.07 Å². The molecule has 0 aliphatic carbocycles. The number of esters is 1. The fourth-order valence-corrected chi connectivity index (χ4v) is 1.56. The highest BCUT2D eigenvalue weighted by atomic mass is 19.1. The molecule has 0 bridgehead atoms. The van der Waals surface area contributed by atoms with Crippen LogP contribution in [0.4, 0.5) is 4.39 Å². The van der Waals surface area contributed by atoms with Crippen LogP contribution in [0, 0.1) is 17.1 Å². The molecule has 0 atom stereocenters. The van der Waals surface area contributed by atoms with E-state index in [0.29, 0.717) is 19.5 Å². The Morgan fingerprint density at radius 2 is 2.28 bits per heavy atom. The highest BCUT2D eigenvalue weighted by molar-refractivity contribution is 5.89. The minimum atomic E-state index is -0.683. The molecule has 0 saturated carbocycles. The van der Waals surface area contributed by atoms with Gasteiger partial charge in [0.15, 0.2) is 0 Å². The fraction of sp³-hybridized carbons (Fsp3) is 0.385. The van der Waals surface area contributed by atoms with E-state index in [1.54, 1.807) is 6.07 Å². The Morgan fingerprint density at radius 3 is 2.83 bits per heavy atom. The molecule has 0 heterocycles. The van der Waals surface area contributed by atoms with E-state index >= 15 is 0 Å². The molecule has 0 spiro atoms. The summed E-state index contributed by atoms with van der Waals surface area (Å²) in [4.78, 5) is 13.1. The smallest absolute Gasteiger partial charge is 0.340 e. The highest BCUT2D eigenvalue weighted by Crippen LogP contribution is 2.13. The number of nitrogens with zero attached hydrogens (tertiary/aromatic N) is 2.